The molecule has 1 amide bonds. The number of nitrogens with zero attached hydrogens (tertiary/aromatic N) is 4. The van der Waals surface area contributed by atoms with E-state index in [1.165, 1.54) is 11.2 Å². The largest absolute Gasteiger partial charge is 0.374 e. The van der Waals surface area contributed by atoms with Crippen LogP contribution in [-0.4, -0.2) is 88.0 Å². The molecule has 184 valence electrons. The van der Waals surface area contributed by atoms with Crippen molar-refractivity contribution in [2.45, 2.75) is 25.5 Å². The molecule has 1 saturated heterocycles. The van der Waals surface area contributed by atoms with Crippen molar-refractivity contribution in [3.05, 3.63) is 16.7 Å². The maximum atomic E-state index is 12.6. The van der Waals surface area contributed by atoms with E-state index in [-0.39, 0.29) is 49.1 Å². The first-order chi connectivity index (χ1) is 15.2. The number of carbonyl (C=O) groups excluding carboxylic acids is 1. The van der Waals surface area contributed by atoms with E-state index in [0.717, 1.165) is 0 Å². The minimum Gasteiger partial charge on any atom is -0.374 e. The Morgan fingerprint density at radius 3 is 2.55 bits per heavy atom. The molecule has 2 unspecified atom stereocenters. The van der Waals surface area contributed by atoms with Gasteiger partial charge in [-0.15, -0.1) is 0 Å². The predicted molar refractivity (Wildman–Crippen MR) is 116 cm³/mol. The Bertz CT molecular complexity index is 1170. The second kappa shape index (κ2) is 9.63. The Kier molecular flexibility index (Phi) is 7.44. The van der Waals surface area contributed by atoms with Gasteiger partial charge >= 0.3 is 15.2 Å². The number of hydrogen-bond acceptors (Lipinski definition) is 8. The number of carbonyl (C=O) groups is 1. The van der Waals surface area contributed by atoms with Gasteiger partial charge in [-0.1, -0.05) is 6.92 Å². The lowest BCUT2D eigenvalue weighted by molar-refractivity contribution is -0.139. The number of nitrogens with two attached hydrogens (primary N) is 1. The zero-order valence-corrected chi connectivity index (χ0v) is 19.4. The molecule has 0 radical (unpaired) electrons. The van der Waals surface area contributed by atoms with E-state index < -0.39 is 51.1 Å². The third-order valence-electron chi connectivity index (χ3n) is 5.33. The van der Waals surface area contributed by atoms with Gasteiger partial charge in [0.15, 0.2) is 11.2 Å². The smallest absolute Gasteiger partial charge is 0.327 e. The van der Waals surface area contributed by atoms with Gasteiger partial charge in [-0.05, 0) is 5.92 Å². The highest BCUT2D eigenvalue weighted by atomic mass is 31.2. The van der Waals surface area contributed by atoms with E-state index in [4.69, 9.17) is 30.0 Å². The molecule has 2 aromatic heterocycles. The van der Waals surface area contributed by atoms with Gasteiger partial charge in [-0.25, -0.2) is 4.98 Å². The lowest BCUT2D eigenvalue weighted by Gasteiger charge is -2.43. The van der Waals surface area contributed by atoms with E-state index in [1.54, 1.807) is 11.5 Å². The Balaban J connectivity index is 1.90. The standard InChI is InChI=1S/C16H26N6O9P2/c1-9-6-21(11(23)2-4-32(25,26)27)7-10(31-3-5-33(28,29)30)13(9)22-8-18-12-14(22)19-16(17)20-15(12)24/h8-10,13H,2-7H2,1H3,(H2,25,26,27)(H2,28,29,30)(H3,17,19,20,24)/t9?,10-,13?/m0/s1. The van der Waals surface area contributed by atoms with Gasteiger partial charge in [0.05, 0.1) is 37.4 Å². The van der Waals surface area contributed by atoms with Crippen LogP contribution in [0.2, 0.25) is 0 Å². The molecule has 0 aromatic carbocycles. The topological polar surface area (TPSA) is 234 Å². The number of aromatic nitrogens is 4. The summed E-state index contributed by atoms with van der Waals surface area (Å²) in [5, 5.41) is 0. The Hall–Kier alpha value is -2.12. The number of aromatic amines is 1. The summed E-state index contributed by atoms with van der Waals surface area (Å²) in [6.45, 7) is 1.70. The summed E-state index contributed by atoms with van der Waals surface area (Å²) < 4.78 is 29.7. The van der Waals surface area contributed by atoms with Crippen LogP contribution >= 0.6 is 15.2 Å². The van der Waals surface area contributed by atoms with Crippen molar-refractivity contribution in [1.82, 2.24) is 24.4 Å². The van der Waals surface area contributed by atoms with Crippen LogP contribution in [-0.2, 0) is 18.7 Å². The quantitative estimate of drug-likeness (QED) is 0.232. The number of anilines is 1. The van der Waals surface area contributed by atoms with Gasteiger partial charge < -0.3 is 39.5 Å². The fourth-order valence-electron chi connectivity index (χ4n) is 3.91. The molecule has 33 heavy (non-hydrogen) atoms. The summed E-state index contributed by atoms with van der Waals surface area (Å²) in [6, 6.07) is -0.522. The first-order valence-corrected chi connectivity index (χ1v) is 13.6. The molecule has 0 spiro atoms. The molecular weight excluding hydrogens is 482 g/mol. The van der Waals surface area contributed by atoms with Gasteiger partial charge in [0.25, 0.3) is 5.56 Å². The van der Waals surface area contributed by atoms with Crippen LogP contribution in [0.25, 0.3) is 11.2 Å². The molecule has 0 aliphatic carbocycles. The maximum absolute atomic E-state index is 12.6. The van der Waals surface area contributed by atoms with Gasteiger partial charge in [-0.3, -0.25) is 23.7 Å². The van der Waals surface area contributed by atoms with E-state index >= 15 is 0 Å². The van der Waals surface area contributed by atoms with Crippen molar-refractivity contribution in [3.63, 3.8) is 0 Å². The normalized spacial score (nSPS) is 22.1. The fourth-order valence-corrected chi connectivity index (χ4v) is 4.74. The Morgan fingerprint density at radius 1 is 1.24 bits per heavy atom. The van der Waals surface area contributed by atoms with Crippen molar-refractivity contribution >= 4 is 38.2 Å². The van der Waals surface area contributed by atoms with Gasteiger partial charge in [0.1, 0.15) is 0 Å². The second-order valence-electron chi connectivity index (χ2n) is 7.98. The van der Waals surface area contributed by atoms with E-state index in [1.807, 2.05) is 0 Å². The summed E-state index contributed by atoms with van der Waals surface area (Å²) in [7, 11) is -8.69. The number of amides is 1. The molecular formula is C16H26N6O9P2. The molecule has 15 nitrogen and oxygen atoms in total. The second-order valence-corrected chi connectivity index (χ2v) is 11.5. The molecule has 1 aliphatic heterocycles. The third-order valence-corrected chi connectivity index (χ3v) is 6.90. The minimum atomic E-state index is -4.36. The Labute approximate surface area is 187 Å². The van der Waals surface area contributed by atoms with E-state index in [9.17, 15) is 18.7 Å². The number of fused-ring (bicyclic) bond motifs is 1. The number of piperidine rings is 1. The number of hydrogen-bond donors (Lipinski definition) is 6. The average Bonchev–Trinajstić information content (AvgIpc) is 3.08. The summed E-state index contributed by atoms with van der Waals surface area (Å²) >= 11 is 0. The van der Waals surface area contributed by atoms with Gasteiger partial charge in [0.2, 0.25) is 11.9 Å². The number of H-pyrrole nitrogens is 1. The van der Waals surface area contributed by atoms with Gasteiger partial charge in [0, 0.05) is 19.5 Å². The summed E-state index contributed by atoms with van der Waals surface area (Å²) in [5.74, 6) is -0.912. The lowest BCUT2D eigenvalue weighted by atomic mass is 9.90. The highest BCUT2D eigenvalue weighted by molar-refractivity contribution is 7.52. The summed E-state index contributed by atoms with van der Waals surface area (Å²) in [5.41, 5.74) is 5.37. The molecule has 0 bridgehead atoms. The summed E-state index contributed by atoms with van der Waals surface area (Å²) in [6.07, 6.45) is -0.885. The number of ether oxygens (including phenoxy) is 1. The average molecular weight is 508 g/mol. The molecule has 3 rings (SSSR count). The summed E-state index contributed by atoms with van der Waals surface area (Å²) in [4.78, 5) is 73.1. The molecule has 3 atom stereocenters. The fraction of sp³-hybridized carbons (Fsp3) is 0.625. The zero-order valence-electron chi connectivity index (χ0n) is 17.6. The molecule has 0 saturated carbocycles. The monoisotopic (exact) mass is 508 g/mol. The first kappa shape index (κ1) is 25.5. The van der Waals surface area contributed by atoms with Crippen LogP contribution in [0.4, 0.5) is 5.95 Å². The molecule has 3 heterocycles. The number of rotatable bonds is 8. The first-order valence-electron chi connectivity index (χ1n) is 9.96. The molecule has 7 N–H and O–H groups in total. The van der Waals surface area contributed by atoms with E-state index in [0.29, 0.717) is 0 Å². The van der Waals surface area contributed by atoms with Crippen molar-refractivity contribution in [2.24, 2.45) is 5.92 Å². The van der Waals surface area contributed by atoms with Crippen LogP contribution in [0.15, 0.2) is 11.1 Å². The number of nitrogen functional groups attached to an aromatic ring is 1. The van der Waals surface area contributed by atoms with Crippen molar-refractivity contribution < 1.29 is 38.2 Å². The van der Waals surface area contributed by atoms with Crippen molar-refractivity contribution in [3.8, 4) is 0 Å². The third kappa shape index (κ3) is 6.48. The van der Waals surface area contributed by atoms with Crippen molar-refractivity contribution in [1.29, 1.82) is 0 Å². The van der Waals surface area contributed by atoms with Gasteiger partial charge in [-0.2, -0.15) is 4.98 Å². The highest BCUT2D eigenvalue weighted by Gasteiger charge is 2.39. The van der Waals surface area contributed by atoms with Crippen LogP contribution in [0, 0.1) is 5.92 Å². The minimum absolute atomic E-state index is 0.00545. The van der Waals surface area contributed by atoms with Crippen LogP contribution in [0.5, 0.6) is 0 Å². The molecule has 1 fully saturated rings. The number of likely N-dealkylation sites (tertiary alicyclic amines) is 1. The van der Waals surface area contributed by atoms with Crippen LogP contribution in [0.3, 0.4) is 0 Å². The predicted octanol–water partition coefficient (Wildman–Crippen LogP) is -1.15. The van der Waals surface area contributed by atoms with Crippen LogP contribution < -0.4 is 11.3 Å². The van der Waals surface area contributed by atoms with E-state index in [2.05, 4.69) is 15.0 Å². The Morgan fingerprint density at radius 2 is 1.91 bits per heavy atom. The zero-order chi connectivity index (χ0) is 24.6. The SMILES string of the molecule is CC1CN(C(=O)CCP(=O)(O)O)C[C@H](OCCP(=O)(O)O)C1n1cnc2c(=O)[nH]c(N)nc21. The van der Waals surface area contributed by atoms with Crippen molar-refractivity contribution in [2.75, 3.05) is 37.8 Å². The lowest BCUT2D eigenvalue weighted by Crippen LogP contribution is -2.52. The molecule has 17 heteroatoms. The number of imidazole rings is 1. The van der Waals surface area contributed by atoms with Crippen LogP contribution in [0.1, 0.15) is 19.4 Å². The molecule has 2 aromatic rings. The maximum Gasteiger partial charge on any atom is 0.327 e. The highest BCUT2D eigenvalue weighted by Crippen LogP contribution is 2.37. The number of nitrogens with one attached hydrogen (secondary N) is 1. The molecule has 1 aliphatic rings.